The van der Waals surface area contributed by atoms with Crippen LogP contribution in [-0.4, -0.2) is 62.9 Å². The van der Waals surface area contributed by atoms with Crippen molar-refractivity contribution in [3.63, 3.8) is 0 Å². The zero-order valence-electron chi connectivity index (χ0n) is 19.6. The molecular formula is C25H31F3N2O4S. The van der Waals surface area contributed by atoms with Crippen molar-refractivity contribution >= 4 is 15.7 Å². The Kier molecular flexibility index (Phi) is 7.47. The summed E-state index contributed by atoms with van der Waals surface area (Å²) in [6.45, 7) is 3.05. The van der Waals surface area contributed by atoms with E-state index >= 15 is 0 Å². The molecule has 2 aromatic carbocycles. The summed E-state index contributed by atoms with van der Waals surface area (Å²) in [6.07, 6.45) is -2.25. The molecule has 2 fully saturated rings. The quantitative estimate of drug-likeness (QED) is 0.630. The number of piperazine rings is 1. The van der Waals surface area contributed by atoms with Gasteiger partial charge in [0.2, 0.25) is 10.0 Å². The first-order valence-electron chi connectivity index (χ1n) is 11.8. The lowest BCUT2D eigenvalue weighted by Gasteiger charge is -2.44. The number of rotatable bonds is 6. The molecule has 192 valence electrons. The second-order valence-corrected chi connectivity index (χ2v) is 11.4. The number of hydrogen-bond acceptors (Lipinski definition) is 5. The molecule has 10 heteroatoms. The molecule has 0 aromatic heterocycles. The SMILES string of the molecule is C[C@@](O)(c1ccc(N2CCN(S(=O)(=O)c3ccccc3)C[C@@H]2CC2CCOCC2)cc1)C(F)(F)F. The molecule has 2 atom stereocenters. The van der Waals surface area contributed by atoms with E-state index in [-0.39, 0.29) is 29.6 Å². The van der Waals surface area contributed by atoms with Gasteiger partial charge in [0.25, 0.3) is 0 Å². The minimum Gasteiger partial charge on any atom is -0.381 e. The van der Waals surface area contributed by atoms with Crippen LogP contribution in [0.25, 0.3) is 0 Å². The van der Waals surface area contributed by atoms with Gasteiger partial charge in [0.1, 0.15) is 0 Å². The first-order chi connectivity index (χ1) is 16.5. The van der Waals surface area contributed by atoms with Gasteiger partial charge in [-0.15, -0.1) is 0 Å². The summed E-state index contributed by atoms with van der Waals surface area (Å²) < 4.78 is 73.3. The summed E-state index contributed by atoms with van der Waals surface area (Å²) >= 11 is 0. The maximum Gasteiger partial charge on any atom is 0.421 e. The van der Waals surface area contributed by atoms with Crippen LogP contribution in [0.5, 0.6) is 0 Å². The van der Waals surface area contributed by atoms with Crippen LogP contribution in [0.3, 0.4) is 0 Å². The number of aliphatic hydroxyl groups is 1. The van der Waals surface area contributed by atoms with Crippen LogP contribution in [-0.2, 0) is 20.4 Å². The molecule has 0 aliphatic carbocycles. The van der Waals surface area contributed by atoms with Gasteiger partial charge < -0.3 is 14.7 Å². The topological polar surface area (TPSA) is 70.1 Å². The number of benzene rings is 2. The highest BCUT2D eigenvalue weighted by molar-refractivity contribution is 7.89. The Morgan fingerprint density at radius 1 is 1.00 bits per heavy atom. The average Bonchev–Trinajstić information content (AvgIpc) is 2.84. The second kappa shape index (κ2) is 10.1. The summed E-state index contributed by atoms with van der Waals surface area (Å²) in [5.74, 6) is 0.376. The highest BCUT2D eigenvalue weighted by atomic mass is 32.2. The van der Waals surface area contributed by atoms with Gasteiger partial charge in [-0.3, -0.25) is 0 Å². The van der Waals surface area contributed by atoms with E-state index in [1.807, 2.05) is 0 Å². The van der Waals surface area contributed by atoms with Crippen molar-refractivity contribution < 1.29 is 31.4 Å². The fourth-order valence-electron chi connectivity index (χ4n) is 4.84. The van der Waals surface area contributed by atoms with Crippen molar-refractivity contribution in [2.45, 2.75) is 48.9 Å². The van der Waals surface area contributed by atoms with E-state index in [0.29, 0.717) is 31.4 Å². The van der Waals surface area contributed by atoms with Gasteiger partial charge in [0, 0.05) is 44.6 Å². The van der Waals surface area contributed by atoms with Crippen molar-refractivity contribution in [1.29, 1.82) is 0 Å². The van der Waals surface area contributed by atoms with E-state index in [4.69, 9.17) is 4.74 Å². The lowest BCUT2D eigenvalue weighted by Crippen LogP contribution is -2.55. The lowest BCUT2D eigenvalue weighted by molar-refractivity contribution is -0.258. The number of hydrogen-bond donors (Lipinski definition) is 1. The lowest BCUT2D eigenvalue weighted by atomic mass is 9.90. The van der Waals surface area contributed by atoms with Crippen molar-refractivity contribution in [2.24, 2.45) is 5.92 Å². The van der Waals surface area contributed by atoms with E-state index < -0.39 is 21.8 Å². The maximum atomic E-state index is 13.3. The van der Waals surface area contributed by atoms with E-state index in [9.17, 15) is 26.7 Å². The molecule has 2 aromatic rings. The number of alkyl halides is 3. The molecule has 0 bridgehead atoms. The Morgan fingerprint density at radius 3 is 2.23 bits per heavy atom. The van der Waals surface area contributed by atoms with Gasteiger partial charge in [-0.1, -0.05) is 30.3 Å². The van der Waals surface area contributed by atoms with E-state index in [1.165, 1.54) is 16.4 Å². The van der Waals surface area contributed by atoms with Crippen LogP contribution >= 0.6 is 0 Å². The van der Waals surface area contributed by atoms with Crippen LogP contribution in [0.4, 0.5) is 18.9 Å². The minimum atomic E-state index is -4.79. The molecule has 2 aliphatic rings. The maximum absolute atomic E-state index is 13.3. The van der Waals surface area contributed by atoms with Gasteiger partial charge >= 0.3 is 6.18 Å². The summed E-state index contributed by atoms with van der Waals surface area (Å²) in [5, 5.41) is 10.0. The van der Waals surface area contributed by atoms with Crippen LogP contribution in [0, 0.1) is 5.92 Å². The van der Waals surface area contributed by atoms with E-state index in [2.05, 4.69) is 4.90 Å². The van der Waals surface area contributed by atoms with E-state index in [0.717, 1.165) is 26.2 Å². The number of anilines is 1. The molecule has 35 heavy (non-hydrogen) atoms. The predicted molar refractivity (Wildman–Crippen MR) is 127 cm³/mol. The first-order valence-corrected chi connectivity index (χ1v) is 13.2. The standard InChI is InChI=1S/C25H31F3N2O4S/c1-24(31,25(26,27)28)20-7-9-21(10-8-20)30-14-13-29(35(32,33)23-5-3-2-4-6-23)18-22(30)17-19-11-15-34-16-12-19/h2-10,19,22,31H,11-18H2,1H3/t22-,24+/m0/s1. The molecule has 1 N–H and O–H groups in total. The van der Waals surface area contributed by atoms with Crippen LogP contribution in [0.2, 0.25) is 0 Å². The smallest absolute Gasteiger partial charge is 0.381 e. The number of ether oxygens (including phenoxy) is 1. The summed E-state index contributed by atoms with van der Waals surface area (Å²) in [5.41, 5.74) is -2.48. The first kappa shape index (κ1) is 25.9. The zero-order valence-corrected chi connectivity index (χ0v) is 20.4. The summed E-state index contributed by atoms with van der Waals surface area (Å²) in [6, 6.07) is 13.9. The molecule has 2 heterocycles. The zero-order chi connectivity index (χ0) is 25.3. The van der Waals surface area contributed by atoms with Crippen LogP contribution < -0.4 is 4.90 Å². The second-order valence-electron chi connectivity index (χ2n) is 9.43. The Bertz CT molecular complexity index is 1090. The highest BCUT2D eigenvalue weighted by Gasteiger charge is 2.51. The number of sulfonamides is 1. The fraction of sp³-hybridized carbons (Fsp3) is 0.520. The van der Waals surface area contributed by atoms with Gasteiger partial charge in [-0.2, -0.15) is 17.5 Å². The summed E-state index contributed by atoms with van der Waals surface area (Å²) in [4.78, 5) is 2.33. The fourth-order valence-corrected chi connectivity index (χ4v) is 6.33. The number of nitrogens with zero attached hydrogens (tertiary/aromatic N) is 2. The Morgan fingerprint density at radius 2 is 1.63 bits per heavy atom. The average molecular weight is 513 g/mol. The van der Waals surface area contributed by atoms with Crippen molar-refractivity contribution in [3.8, 4) is 0 Å². The van der Waals surface area contributed by atoms with Crippen molar-refractivity contribution in [2.75, 3.05) is 37.7 Å². The normalized spacial score (nSPS) is 22.7. The molecule has 2 saturated heterocycles. The molecule has 4 rings (SSSR count). The van der Waals surface area contributed by atoms with E-state index in [1.54, 1.807) is 42.5 Å². The van der Waals surface area contributed by atoms with Gasteiger partial charge in [0.05, 0.1) is 4.90 Å². The Hall–Kier alpha value is -2.14. The third kappa shape index (κ3) is 5.50. The highest BCUT2D eigenvalue weighted by Crippen LogP contribution is 2.39. The summed E-state index contributed by atoms with van der Waals surface area (Å²) in [7, 11) is -3.66. The Labute approximate surface area is 204 Å². The molecule has 0 radical (unpaired) electrons. The largest absolute Gasteiger partial charge is 0.421 e. The third-order valence-electron chi connectivity index (χ3n) is 7.09. The Balaban J connectivity index is 1.59. The van der Waals surface area contributed by atoms with Gasteiger partial charge in [-0.25, -0.2) is 8.42 Å². The molecule has 0 spiro atoms. The van der Waals surface area contributed by atoms with Gasteiger partial charge in [-0.05, 0) is 61.9 Å². The number of halogens is 3. The monoisotopic (exact) mass is 512 g/mol. The van der Waals surface area contributed by atoms with Crippen LogP contribution in [0.15, 0.2) is 59.5 Å². The van der Waals surface area contributed by atoms with Crippen molar-refractivity contribution in [3.05, 3.63) is 60.2 Å². The molecule has 6 nitrogen and oxygen atoms in total. The minimum absolute atomic E-state index is 0.140. The molecular weight excluding hydrogens is 481 g/mol. The molecule has 0 amide bonds. The van der Waals surface area contributed by atoms with Crippen LogP contribution in [0.1, 0.15) is 31.7 Å². The molecule has 0 saturated carbocycles. The van der Waals surface area contributed by atoms with Gasteiger partial charge in [0.15, 0.2) is 5.60 Å². The molecule has 2 aliphatic heterocycles. The predicted octanol–water partition coefficient (Wildman–Crippen LogP) is 4.15. The van der Waals surface area contributed by atoms with Crippen molar-refractivity contribution in [1.82, 2.24) is 4.31 Å². The third-order valence-corrected chi connectivity index (χ3v) is 8.97. The molecule has 0 unspecified atom stereocenters.